The molecule has 2 aliphatic heterocycles. The second-order valence-electron chi connectivity index (χ2n) is 7.95. The van der Waals surface area contributed by atoms with E-state index in [-0.39, 0.29) is 12.1 Å². The molecule has 0 N–H and O–H groups in total. The number of thioether (sulfide) groups is 1. The number of aliphatic imine (C=N–C) groups is 1. The summed E-state index contributed by atoms with van der Waals surface area (Å²) in [5, 5.41) is 1.92. The minimum absolute atomic E-state index is 0.00300. The first kappa shape index (κ1) is 19.7. The highest BCUT2D eigenvalue weighted by atomic mass is 35.5. The smallest absolute Gasteiger partial charge is 0.160 e. The lowest BCUT2D eigenvalue weighted by Gasteiger charge is -2.32. The first-order valence-electron chi connectivity index (χ1n) is 10.4. The summed E-state index contributed by atoms with van der Waals surface area (Å²) in [5.74, 6) is 1.10. The van der Waals surface area contributed by atoms with E-state index in [1.807, 2.05) is 42.2 Å². The lowest BCUT2D eigenvalue weighted by atomic mass is 9.95. The molecule has 3 aromatic rings. The highest BCUT2D eigenvalue weighted by molar-refractivity contribution is 8.14. The van der Waals surface area contributed by atoms with E-state index < -0.39 is 0 Å². The van der Waals surface area contributed by atoms with E-state index in [1.54, 1.807) is 0 Å². The Bertz CT molecular complexity index is 1110. The van der Waals surface area contributed by atoms with Crippen LogP contribution in [0.5, 0.6) is 0 Å². The van der Waals surface area contributed by atoms with Crippen LogP contribution in [0.1, 0.15) is 48.1 Å². The number of aromatic nitrogens is 2. The maximum atomic E-state index is 6.56. The number of aryl methyl sites for hydroxylation is 1. The Morgan fingerprint density at radius 3 is 2.67 bits per heavy atom. The number of halogens is 1. The van der Waals surface area contributed by atoms with Crippen LogP contribution >= 0.6 is 23.4 Å². The van der Waals surface area contributed by atoms with E-state index in [9.17, 15) is 0 Å². The van der Waals surface area contributed by atoms with Crippen LogP contribution in [-0.2, 0) is 0 Å². The van der Waals surface area contributed by atoms with Crippen molar-refractivity contribution < 1.29 is 0 Å². The molecule has 0 unspecified atom stereocenters. The Balaban J connectivity index is 1.66. The van der Waals surface area contributed by atoms with Gasteiger partial charge in [-0.2, -0.15) is 0 Å². The van der Waals surface area contributed by atoms with Gasteiger partial charge in [0.25, 0.3) is 0 Å². The van der Waals surface area contributed by atoms with E-state index in [0.717, 1.165) is 33.7 Å². The molecule has 0 spiro atoms. The van der Waals surface area contributed by atoms with Crippen LogP contribution in [0, 0.1) is 13.8 Å². The highest BCUT2D eigenvalue weighted by Gasteiger charge is 2.46. The van der Waals surface area contributed by atoms with Crippen LogP contribution in [0.15, 0.2) is 59.7 Å². The van der Waals surface area contributed by atoms with Crippen molar-refractivity contribution in [2.75, 3.05) is 5.75 Å². The van der Waals surface area contributed by atoms with Crippen LogP contribution in [0.25, 0.3) is 5.69 Å². The lowest BCUT2D eigenvalue weighted by Crippen LogP contribution is -2.35. The molecule has 6 heteroatoms. The molecule has 0 amide bonds. The molecule has 0 saturated carbocycles. The molecule has 4 nitrogen and oxygen atoms in total. The van der Waals surface area contributed by atoms with Gasteiger partial charge in [0.1, 0.15) is 6.04 Å². The summed E-state index contributed by atoms with van der Waals surface area (Å²) in [7, 11) is 0. The van der Waals surface area contributed by atoms with Crippen LogP contribution < -0.4 is 0 Å². The number of pyridine rings is 1. The molecule has 30 heavy (non-hydrogen) atoms. The Kier molecular flexibility index (Phi) is 5.11. The van der Waals surface area contributed by atoms with E-state index in [1.165, 1.54) is 17.0 Å². The molecule has 2 aromatic heterocycles. The number of fused-ring (bicyclic) bond motifs is 1. The van der Waals surface area contributed by atoms with Gasteiger partial charge in [0.15, 0.2) is 5.17 Å². The maximum Gasteiger partial charge on any atom is 0.160 e. The van der Waals surface area contributed by atoms with Crippen molar-refractivity contribution in [3.63, 3.8) is 0 Å². The molecule has 4 heterocycles. The third-order valence-electron chi connectivity index (χ3n) is 6.21. The minimum Gasteiger partial charge on any atom is -0.338 e. The Labute approximate surface area is 187 Å². The van der Waals surface area contributed by atoms with Gasteiger partial charge < -0.3 is 9.47 Å². The van der Waals surface area contributed by atoms with E-state index in [4.69, 9.17) is 16.6 Å². The number of hydrogen-bond donors (Lipinski definition) is 0. The van der Waals surface area contributed by atoms with Gasteiger partial charge in [0.05, 0.1) is 22.4 Å². The number of amidine groups is 1. The van der Waals surface area contributed by atoms with Crippen molar-refractivity contribution >= 4 is 28.5 Å². The predicted molar refractivity (Wildman–Crippen MR) is 126 cm³/mol. The first-order chi connectivity index (χ1) is 14.6. The quantitative estimate of drug-likeness (QED) is 0.493. The summed E-state index contributed by atoms with van der Waals surface area (Å²) >= 11 is 8.44. The number of para-hydroxylation sites is 1. The monoisotopic (exact) mass is 436 g/mol. The van der Waals surface area contributed by atoms with Crippen LogP contribution in [0.3, 0.4) is 0 Å². The zero-order valence-corrected chi connectivity index (χ0v) is 19.0. The van der Waals surface area contributed by atoms with Crippen molar-refractivity contribution in [1.29, 1.82) is 0 Å². The lowest BCUT2D eigenvalue weighted by molar-refractivity contribution is 0.254. The topological polar surface area (TPSA) is 33.4 Å². The standard InChI is InChI=1S/C24H25ClN4S/c1-4-17-14-30-24-27-22(20-10-7-8-12-26-20)23(29(17)24)18-13-15(2)28(16(18)3)21-11-6-5-9-19(21)25/h5-13,17,22-23H,4,14H2,1-3H3/t17-,22-,23+/m0/s1. The summed E-state index contributed by atoms with van der Waals surface area (Å²) in [6.45, 7) is 6.62. The molecule has 0 radical (unpaired) electrons. The average molecular weight is 437 g/mol. The van der Waals surface area contributed by atoms with Gasteiger partial charge in [-0.05, 0) is 56.2 Å². The minimum atomic E-state index is 0.00300. The van der Waals surface area contributed by atoms with Crippen molar-refractivity contribution in [2.24, 2.45) is 4.99 Å². The predicted octanol–water partition coefficient (Wildman–Crippen LogP) is 6.12. The third kappa shape index (κ3) is 3.07. The summed E-state index contributed by atoms with van der Waals surface area (Å²) < 4.78 is 2.27. The summed E-state index contributed by atoms with van der Waals surface area (Å²) in [6.07, 6.45) is 2.98. The van der Waals surface area contributed by atoms with Crippen molar-refractivity contribution in [3.05, 3.63) is 82.4 Å². The van der Waals surface area contributed by atoms with Crippen LogP contribution in [0.4, 0.5) is 0 Å². The van der Waals surface area contributed by atoms with E-state index >= 15 is 0 Å². The van der Waals surface area contributed by atoms with Gasteiger partial charge in [-0.15, -0.1) is 0 Å². The van der Waals surface area contributed by atoms with Crippen molar-refractivity contribution in [1.82, 2.24) is 14.5 Å². The Morgan fingerprint density at radius 2 is 1.93 bits per heavy atom. The highest BCUT2D eigenvalue weighted by Crippen LogP contribution is 2.49. The summed E-state index contributed by atoms with van der Waals surface area (Å²) in [5.41, 5.74) is 5.76. The molecule has 1 saturated heterocycles. The molecule has 0 aliphatic carbocycles. The normalized spacial score (nSPS) is 23.0. The van der Waals surface area contributed by atoms with Gasteiger partial charge in [0, 0.05) is 29.4 Å². The summed E-state index contributed by atoms with van der Waals surface area (Å²) in [4.78, 5) is 12.4. The second kappa shape index (κ2) is 7.78. The maximum absolute atomic E-state index is 6.56. The number of rotatable bonds is 4. The molecular weight excluding hydrogens is 412 g/mol. The van der Waals surface area contributed by atoms with E-state index in [2.05, 4.69) is 59.5 Å². The molecule has 5 rings (SSSR count). The zero-order chi connectivity index (χ0) is 20.8. The van der Waals surface area contributed by atoms with Gasteiger partial charge in [-0.1, -0.05) is 48.5 Å². The van der Waals surface area contributed by atoms with Gasteiger partial charge in [-0.25, -0.2) is 0 Å². The van der Waals surface area contributed by atoms with Crippen LogP contribution in [0.2, 0.25) is 5.02 Å². The SMILES string of the molecule is CC[C@H]1CSC2=N[C@@H](c3ccccn3)[C@@H](c3cc(C)n(-c4ccccc4Cl)c3C)N21. The fourth-order valence-corrected chi connectivity index (χ4v) is 6.34. The van der Waals surface area contributed by atoms with Crippen molar-refractivity contribution in [3.8, 4) is 5.69 Å². The molecule has 0 bridgehead atoms. The fraction of sp³-hybridized carbons (Fsp3) is 0.333. The molecule has 1 aromatic carbocycles. The molecule has 154 valence electrons. The second-order valence-corrected chi connectivity index (χ2v) is 9.34. The zero-order valence-electron chi connectivity index (χ0n) is 17.4. The Morgan fingerprint density at radius 1 is 1.13 bits per heavy atom. The first-order valence-corrected chi connectivity index (χ1v) is 11.8. The van der Waals surface area contributed by atoms with Gasteiger partial charge >= 0.3 is 0 Å². The average Bonchev–Trinajstić information content (AvgIpc) is 3.41. The third-order valence-corrected chi connectivity index (χ3v) is 7.66. The number of nitrogens with zero attached hydrogens (tertiary/aromatic N) is 4. The summed E-state index contributed by atoms with van der Waals surface area (Å²) in [6, 6.07) is 17.1. The molecule has 2 aliphatic rings. The number of hydrogen-bond acceptors (Lipinski definition) is 4. The fourth-order valence-electron chi connectivity index (χ4n) is 4.78. The molecule has 1 fully saturated rings. The molecular formula is C24H25ClN4S. The Hall–Kier alpha value is -2.24. The van der Waals surface area contributed by atoms with Crippen molar-refractivity contribution in [2.45, 2.75) is 45.3 Å². The van der Waals surface area contributed by atoms with Crippen LogP contribution in [-0.4, -0.2) is 31.4 Å². The molecule has 3 atom stereocenters. The van der Waals surface area contributed by atoms with E-state index in [0.29, 0.717) is 6.04 Å². The largest absolute Gasteiger partial charge is 0.338 e. The number of benzene rings is 1. The van der Waals surface area contributed by atoms with Gasteiger partial charge in [0.2, 0.25) is 0 Å². The van der Waals surface area contributed by atoms with Gasteiger partial charge in [-0.3, -0.25) is 9.98 Å².